The van der Waals surface area contributed by atoms with Crippen molar-refractivity contribution in [2.45, 2.75) is 37.4 Å². The highest BCUT2D eigenvalue weighted by Gasteiger charge is 2.18. The van der Waals surface area contributed by atoms with Crippen molar-refractivity contribution in [2.75, 3.05) is 0 Å². The van der Waals surface area contributed by atoms with E-state index in [2.05, 4.69) is 15.0 Å². The van der Waals surface area contributed by atoms with Crippen molar-refractivity contribution >= 4 is 28.8 Å². The second-order valence-electron chi connectivity index (χ2n) is 8.59. The van der Waals surface area contributed by atoms with Gasteiger partial charge in [-0.05, 0) is 35.7 Å². The zero-order valence-electron chi connectivity index (χ0n) is 20.4. The van der Waals surface area contributed by atoms with E-state index in [-0.39, 0.29) is 12.8 Å². The molecule has 3 atom stereocenters. The average Bonchev–Trinajstić information content (AvgIpc) is 3.55. The quantitative estimate of drug-likeness (QED) is 0.115. The molecule has 4 aromatic rings. The van der Waals surface area contributed by atoms with Crippen LogP contribution in [0.2, 0.25) is 0 Å². The summed E-state index contributed by atoms with van der Waals surface area (Å²) in [7, 11) is 0. The molecule has 0 bridgehead atoms. The van der Waals surface area contributed by atoms with E-state index in [9.17, 15) is 14.4 Å². The van der Waals surface area contributed by atoms with Crippen LogP contribution in [0.4, 0.5) is 0 Å². The zero-order chi connectivity index (χ0) is 27.7. The summed E-state index contributed by atoms with van der Waals surface area (Å²) in [6, 6.07) is 11.6. The summed E-state index contributed by atoms with van der Waals surface area (Å²) < 4.78 is 5.18. The standard InChI is InChI=1S/C15H18N4O4.C11H12N2O2/c16-12(14(20)21)5-9-1-3-11(4-2-9)23-15(22)13(17)6-10-7-18-8-19-10;12-9(11(14)15)5-7-6-13-10-4-2-1-3-8(7)10/h1-4,7-8,12-13H,5-6,16-17H2,(H,18,19)(H,20,21);1-4,6,9,13H,5,12H2,(H,14,15)/t12-,13-;9-/m00/s1. The number of carboxylic acid groups (broad SMARTS) is 2. The number of para-hydroxylation sites is 1. The fraction of sp³-hybridized carbons (Fsp3) is 0.231. The lowest BCUT2D eigenvalue weighted by Gasteiger charge is -2.11. The van der Waals surface area contributed by atoms with Crippen molar-refractivity contribution in [1.29, 1.82) is 0 Å². The van der Waals surface area contributed by atoms with E-state index in [1.165, 1.54) is 6.33 Å². The molecular formula is C26H30N6O6. The number of carbonyl (C=O) groups is 3. The summed E-state index contributed by atoms with van der Waals surface area (Å²) in [6.45, 7) is 0. The summed E-state index contributed by atoms with van der Waals surface area (Å²) in [4.78, 5) is 43.1. The fourth-order valence-electron chi connectivity index (χ4n) is 3.56. The maximum absolute atomic E-state index is 11.9. The van der Waals surface area contributed by atoms with Crippen LogP contribution in [-0.4, -0.2) is 61.2 Å². The first-order chi connectivity index (χ1) is 18.1. The highest BCUT2D eigenvalue weighted by Crippen LogP contribution is 2.18. The van der Waals surface area contributed by atoms with Gasteiger partial charge in [-0.15, -0.1) is 0 Å². The number of nitrogens with zero attached hydrogens (tertiary/aromatic N) is 1. The Morgan fingerprint density at radius 3 is 2.13 bits per heavy atom. The number of carbonyl (C=O) groups excluding carboxylic acids is 1. The first-order valence-corrected chi connectivity index (χ1v) is 11.7. The van der Waals surface area contributed by atoms with Crippen molar-refractivity contribution in [3.63, 3.8) is 0 Å². The molecule has 2 heterocycles. The van der Waals surface area contributed by atoms with Crippen LogP contribution in [0.25, 0.3) is 10.9 Å². The van der Waals surface area contributed by atoms with E-state index in [0.29, 0.717) is 17.9 Å². The predicted molar refractivity (Wildman–Crippen MR) is 139 cm³/mol. The minimum atomic E-state index is -1.06. The minimum absolute atomic E-state index is 0.197. The summed E-state index contributed by atoms with van der Waals surface area (Å²) in [6.07, 6.45) is 5.80. The predicted octanol–water partition coefficient (Wildman–Crippen LogP) is 0.962. The van der Waals surface area contributed by atoms with Crippen LogP contribution in [0.3, 0.4) is 0 Å². The second kappa shape index (κ2) is 13.1. The Morgan fingerprint density at radius 1 is 0.842 bits per heavy atom. The molecule has 12 nitrogen and oxygen atoms in total. The Balaban J connectivity index is 0.000000230. The van der Waals surface area contributed by atoms with Crippen molar-refractivity contribution in [3.8, 4) is 5.75 Å². The number of benzene rings is 2. The molecular weight excluding hydrogens is 492 g/mol. The van der Waals surface area contributed by atoms with Crippen LogP contribution < -0.4 is 21.9 Å². The number of carboxylic acids is 2. The number of rotatable bonds is 10. The van der Waals surface area contributed by atoms with Crippen molar-refractivity contribution < 1.29 is 29.3 Å². The third kappa shape index (κ3) is 8.00. The van der Waals surface area contributed by atoms with Crippen molar-refractivity contribution in [1.82, 2.24) is 15.0 Å². The van der Waals surface area contributed by atoms with Gasteiger partial charge in [-0.3, -0.25) is 9.59 Å². The molecule has 12 heteroatoms. The molecule has 0 spiro atoms. The number of nitrogens with one attached hydrogen (secondary N) is 2. The fourth-order valence-corrected chi connectivity index (χ4v) is 3.56. The molecule has 0 aliphatic rings. The molecule has 0 unspecified atom stereocenters. The number of ether oxygens (including phenoxy) is 1. The SMILES string of the molecule is N[C@@H](Cc1c[nH]c2ccccc12)C(=O)O.N[C@@H](Cc1ccc(OC(=O)[C@@H](N)Cc2c[nH]cn2)cc1)C(=O)O. The van der Waals surface area contributed by atoms with E-state index in [1.807, 2.05) is 30.5 Å². The molecule has 2 aromatic carbocycles. The van der Waals surface area contributed by atoms with Crippen molar-refractivity contribution in [2.24, 2.45) is 17.2 Å². The number of hydrogen-bond donors (Lipinski definition) is 7. The third-order valence-corrected chi connectivity index (χ3v) is 5.63. The summed E-state index contributed by atoms with van der Waals surface area (Å²) in [5, 5.41) is 18.5. The molecule has 200 valence electrons. The Morgan fingerprint density at radius 2 is 1.50 bits per heavy atom. The maximum atomic E-state index is 11.9. The summed E-state index contributed by atoms with van der Waals surface area (Å²) in [5.41, 5.74) is 20.1. The van der Waals surface area contributed by atoms with Gasteiger partial charge in [-0.25, -0.2) is 9.78 Å². The summed E-state index contributed by atoms with van der Waals surface area (Å²) in [5.74, 6) is -2.27. The van der Waals surface area contributed by atoms with Gasteiger partial charge < -0.3 is 42.1 Å². The van der Waals surface area contributed by atoms with Gasteiger partial charge in [0.25, 0.3) is 0 Å². The monoisotopic (exact) mass is 522 g/mol. The normalized spacial score (nSPS) is 13.1. The molecule has 0 amide bonds. The minimum Gasteiger partial charge on any atom is -0.480 e. The van der Waals surface area contributed by atoms with E-state index < -0.39 is 36.0 Å². The van der Waals surface area contributed by atoms with E-state index in [1.54, 1.807) is 30.5 Å². The molecule has 10 N–H and O–H groups in total. The lowest BCUT2D eigenvalue weighted by atomic mass is 10.1. The van der Waals surface area contributed by atoms with Crippen LogP contribution >= 0.6 is 0 Å². The molecule has 0 saturated carbocycles. The van der Waals surface area contributed by atoms with Gasteiger partial charge in [0.1, 0.15) is 23.9 Å². The number of hydrogen-bond acceptors (Lipinski definition) is 8. The van der Waals surface area contributed by atoms with Crippen LogP contribution in [0, 0.1) is 0 Å². The number of aromatic amines is 2. The van der Waals surface area contributed by atoms with Crippen LogP contribution in [0.5, 0.6) is 5.75 Å². The lowest BCUT2D eigenvalue weighted by molar-refractivity contribution is -0.139. The molecule has 0 aliphatic heterocycles. The van der Waals surface area contributed by atoms with Crippen LogP contribution in [0.1, 0.15) is 16.8 Å². The number of aliphatic carboxylic acids is 2. The highest BCUT2D eigenvalue weighted by atomic mass is 16.5. The number of fused-ring (bicyclic) bond motifs is 1. The topological polar surface area (TPSA) is 223 Å². The van der Waals surface area contributed by atoms with Crippen LogP contribution in [-0.2, 0) is 33.6 Å². The molecule has 0 aliphatic carbocycles. The Labute approximate surface area is 217 Å². The highest BCUT2D eigenvalue weighted by molar-refractivity contribution is 5.84. The zero-order valence-corrected chi connectivity index (χ0v) is 20.4. The molecule has 38 heavy (non-hydrogen) atoms. The lowest BCUT2D eigenvalue weighted by Crippen LogP contribution is -2.36. The van der Waals surface area contributed by atoms with Gasteiger partial charge in [0.15, 0.2) is 0 Å². The van der Waals surface area contributed by atoms with Gasteiger partial charge in [-0.1, -0.05) is 30.3 Å². The maximum Gasteiger partial charge on any atom is 0.328 e. The first-order valence-electron chi connectivity index (χ1n) is 11.7. The van der Waals surface area contributed by atoms with Crippen molar-refractivity contribution in [3.05, 3.63) is 84.1 Å². The third-order valence-electron chi connectivity index (χ3n) is 5.63. The number of aromatic nitrogens is 3. The Hall–Kier alpha value is -4.52. The Bertz CT molecular complexity index is 1350. The molecule has 2 aromatic heterocycles. The first kappa shape index (κ1) is 28.1. The van der Waals surface area contributed by atoms with E-state index in [4.69, 9.17) is 32.2 Å². The van der Waals surface area contributed by atoms with Gasteiger partial charge in [0.2, 0.25) is 0 Å². The van der Waals surface area contributed by atoms with Gasteiger partial charge in [-0.2, -0.15) is 0 Å². The summed E-state index contributed by atoms with van der Waals surface area (Å²) >= 11 is 0. The molecule has 4 rings (SSSR count). The van der Waals surface area contributed by atoms with Gasteiger partial charge in [0, 0.05) is 36.1 Å². The van der Waals surface area contributed by atoms with Crippen LogP contribution in [0.15, 0.2) is 67.3 Å². The van der Waals surface area contributed by atoms with E-state index in [0.717, 1.165) is 22.0 Å². The second-order valence-corrected chi connectivity index (χ2v) is 8.59. The largest absolute Gasteiger partial charge is 0.480 e. The number of esters is 1. The number of imidazole rings is 1. The molecule has 0 radical (unpaired) electrons. The number of nitrogens with two attached hydrogens (primary N) is 3. The van der Waals surface area contributed by atoms with E-state index >= 15 is 0 Å². The number of H-pyrrole nitrogens is 2. The molecule has 0 fully saturated rings. The van der Waals surface area contributed by atoms with Gasteiger partial charge >= 0.3 is 17.9 Å². The van der Waals surface area contributed by atoms with Gasteiger partial charge in [0.05, 0.1) is 12.0 Å². The smallest absolute Gasteiger partial charge is 0.328 e. The Kier molecular flexibility index (Phi) is 9.71. The molecule has 0 saturated heterocycles. The average molecular weight is 523 g/mol.